The Morgan fingerprint density at radius 3 is 2.90 bits per heavy atom. The van der Waals surface area contributed by atoms with Crippen LogP contribution in [-0.2, 0) is 16.0 Å². The molecule has 4 N–H and O–H groups in total. The Kier molecular flexibility index (Phi) is 4.45. The van der Waals surface area contributed by atoms with Crippen LogP contribution in [0.2, 0.25) is 0 Å². The maximum absolute atomic E-state index is 12.0. The van der Waals surface area contributed by atoms with Gasteiger partial charge in [-0.3, -0.25) is 9.89 Å². The van der Waals surface area contributed by atoms with Crippen LogP contribution in [0.3, 0.4) is 0 Å². The third-order valence-electron chi connectivity index (χ3n) is 3.27. The van der Waals surface area contributed by atoms with Crippen LogP contribution in [0.25, 0.3) is 0 Å². The van der Waals surface area contributed by atoms with Crippen molar-refractivity contribution >= 4 is 11.7 Å². The fraction of sp³-hybridized carbons (Fsp3) is 0.714. The highest BCUT2D eigenvalue weighted by Crippen LogP contribution is 2.22. The van der Waals surface area contributed by atoms with E-state index in [0.717, 1.165) is 18.5 Å². The predicted octanol–water partition coefficient (Wildman–Crippen LogP) is 1.44. The monoisotopic (exact) mass is 280 g/mol. The van der Waals surface area contributed by atoms with E-state index in [1.165, 1.54) is 0 Å². The molecule has 0 aliphatic carbocycles. The SMILES string of the molecule is CC(C)(C)Cc1cc(NC(=O)[C@@H]2CC[C@H](CN)O2)n[nH]1. The standard InChI is InChI=1S/C14H24N4O2/c1-14(2,3)7-9-6-12(18-17-9)16-13(19)11-5-4-10(8-15)20-11/h6,10-11H,4-5,7-8,15H2,1-3H3,(H2,16,17,18,19)/t10-,11+/m1/s1. The van der Waals surface area contributed by atoms with Crippen molar-refractivity contribution in [2.24, 2.45) is 11.1 Å². The first-order valence-electron chi connectivity index (χ1n) is 7.08. The summed E-state index contributed by atoms with van der Waals surface area (Å²) in [6, 6.07) is 1.87. The highest BCUT2D eigenvalue weighted by atomic mass is 16.5. The number of aromatic nitrogens is 2. The largest absolute Gasteiger partial charge is 0.364 e. The van der Waals surface area contributed by atoms with Crippen LogP contribution in [0.15, 0.2) is 6.07 Å². The second-order valence-electron chi connectivity index (χ2n) is 6.56. The second kappa shape index (κ2) is 5.93. The van der Waals surface area contributed by atoms with Crippen LogP contribution < -0.4 is 11.1 Å². The van der Waals surface area contributed by atoms with E-state index in [0.29, 0.717) is 18.8 Å². The molecule has 1 aromatic rings. The Bertz CT molecular complexity index is 464. The van der Waals surface area contributed by atoms with Gasteiger partial charge in [0, 0.05) is 18.3 Å². The summed E-state index contributed by atoms with van der Waals surface area (Å²) in [6.45, 7) is 6.93. The molecule has 1 saturated heterocycles. The molecule has 1 aliphatic rings. The summed E-state index contributed by atoms with van der Waals surface area (Å²) in [6.07, 6.45) is 2.02. The van der Waals surface area contributed by atoms with E-state index in [4.69, 9.17) is 10.5 Å². The van der Waals surface area contributed by atoms with Gasteiger partial charge in [0.25, 0.3) is 5.91 Å². The summed E-state index contributed by atoms with van der Waals surface area (Å²) in [5, 5.41) is 9.85. The van der Waals surface area contributed by atoms with E-state index in [1.54, 1.807) is 0 Å². The van der Waals surface area contributed by atoms with Gasteiger partial charge >= 0.3 is 0 Å². The van der Waals surface area contributed by atoms with Crippen LogP contribution in [0.4, 0.5) is 5.82 Å². The van der Waals surface area contributed by atoms with Gasteiger partial charge in [0.2, 0.25) is 0 Å². The number of nitrogens with zero attached hydrogens (tertiary/aromatic N) is 1. The first kappa shape index (κ1) is 15.0. The van der Waals surface area contributed by atoms with E-state index in [-0.39, 0.29) is 17.4 Å². The number of hydrogen-bond acceptors (Lipinski definition) is 4. The lowest BCUT2D eigenvalue weighted by molar-refractivity contribution is -0.126. The Morgan fingerprint density at radius 1 is 1.55 bits per heavy atom. The third-order valence-corrected chi connectivity index (χ3v) is 3.27. The number of H-pyrrole nitrogens is 1. The molecule has 1 aromatic heterocycles. The molecule has 1 aliphatic heterocycles. The maximum Gasteiger partial charge on any atom is 0.254 e. The maximum atomic E-state index is 12.0. The van der Waals surface area contributed by atoms with Crippen molar-refractivity contribution in [3.8, 4) is 0 Å². The number of ether oxygens (including phenoxy) is 1. The van der Waals surface area contributed by atoms with Gasteiger partial charge in [0.1, 0.15) is 6.10 Å². The number of rotatable bonds is 4. The van der Waals surface area contributed by atoms with Crippen molar-refractivity contribution in [2.45, 2.75) is 52.2 Å². The predicted molar refractivity (Wildman–Crippen MR) is 77.3 cm³/mol. The van der Waals surface area contributed by atoms with Crippen molar-refractivity contribution in [2.75, 3.05) is 11.9 Å². The molecule has 20 heavy (non-hydrogen) atoms. The zero-order chi connectivity index (χ0) is 14.8. The first-order valence-corrected chi connectivity index (χ1v) is 7.08. The molecule has 2 atom stereocenters. The smallest absolute Gasteiger partial charge is 0.254 e. The minimum absolute atomic E-state index is 0.00128. The zero-order valence-electron chi connectivity index (χ0n) is 12.4. The van der Waals surface area contributed by atoms with Crippen molar-refractivity contribution in [3.05, 3.63) is 11.8 Å². The number of amides is 1. The fourth-order valence-electron chi connectivity index (χ4n) is 2.37. The van der Waals surface area contributed by atoms with Gasteiger partial charge in [-0.2, -0.15) is 5.10 Å². The van der Waals surface area contributed by atoms with Gasteiger partial charge in [0.15, 0.2) is 5.82 Å². The van der Waals surface area contributed by atoms with Gasteiger partial charge < -0.3 is 15.8 Å². The van der Waals surface area contributed by atoms with Crippen molar-refractivity contribution in [1.82, 2.24) is 10.2 Å². The first-order chi connectivity index (χ1) is 9.37. The van der Waals surface area contributed by atoms with Crippen LogP contribution in [0, 0.1) is 5.41 Å². The number of nitrogens with two attached hydrogens (primary N) is 1. The summed E-state index contributed by atoms with van der Waals surface area (Å²) < 4.78 is 5.56. The van der Waals surface area contributed by atoms with Crippen molar-refractivity contribution in [3.63, 3.8) is 0 Å². The van der Waals surface area contributed by atoms with Gasteiger partial charge in [0.05, 0.1) is 6.10 Å². The highest BCUT2D eigenvalue weighted by molar-refractivity contribution is 5.93. The Morgan fingerprint density at radius 2 is 2.30 bits per heavy atom. The van der Waals surface area contributed by atoms with E-state index in [1.807, 2.05) is 6.07 Å². The Labute approximate surface area is 119 Å². The van der Waals surface area contributed by atoms with E-state index < -0.39 is 6.10 Å². The summed E-state index contributed by atoms with van der Waals surface area (Å²) >= 11 is 0. The molecule has 0 saturated carbocycles. The second-order valence-corrected chi connectivity index (χ2v) is 6.56. The number of anilines is 1. The molecule has 0 radical (unpaired) electrons. The van der Waals surface area contributed by atoms with Gasteiger partial charge in [-0.05, 0) is 24.7 Å². The minimum atomic E-state index is -0.411. The van der Waals surface area contributed by atoms with Crippen LogP contribution in [0.1, 0.15) is 39.3 Å². The van der Waals surface area contributed by atoms with E-state index in [2.05, 4.69) is 36.3 Å². The molecule has 2 rings (SSSR count). The van der Waals surface area contributed by atoms with E-state index in [9.17, 15) is 4.79 Å². The molecule has 0 unspecified atom stereocenters. The van der Waals surface area contributed by atoms with Crippen LogP contribution in [-0.4, -0.2) is 34.9 Å². The molecule has 1 amide bonds. The quantitative estimate of drug-likeness (QED) is 0.778. The van der Waals surface area contributed by atoms with Crippen LogP contribution >= 0.6 is 0 Å². The van der Waals surface area contributed by atoms with E-state index >= 15 is 0 Å². The molecule has 0 aromatic carbocycles. The summed E-state index contributed by atoms with van der Waals surface area (Å²) in [5.74, 6) is 0.406. The summed E-state index contributed by atoms with van der Waals surface area (Å²) in [7, 11) is 0. The van der Waals surface area contributed by atoms with Gasteiger partial charge in [-0.25, -0.2) is 0 Å². The van der Waals surface area contributed by atoms with Crippen molar-refractivity contribution in [1.29, 1.82) is 0 Å². The molecule has 0 spiro atoms. The third kappa shape index (κ3) is 4.05. The Hall–Kier alpha value is -1.40. The highest BCUT2D eigenvalue weighted by Gasteiger charge is 2.30. The average Bonchev–Trinajstić information content (AvgIpc) is 2.96. The van der Waals surface area contributed by atoms with Gasteiger partial charge in [-0.15, -0.1) is 0 Å². The lowest BCUT2D eigenvalue weighted by Gasteiger charge is -2.15. The van der Waals surface area contributed by atoms with Gasteiger partial charge in [-0.1, -0.05) is 20.8 Å². The number of nitrogens with one attached hydrogen (secondary N) is 2. The Balaban J connectivity index is 1.89. The molecule has 1 fully saturated rings. The molecule has 112 valence electrons. The molecule has 6 heteroatoms. The topological polar surface area (TPSA) is 93.0 Å². The summed E-state index contributed by atoms with van der Waals surface area (Å²) in [5.41, 5.74) is 6.73. The summed E-state index contributed by atoms with van der Waals surface area (Å²) in [4.78, 5) is 12.0. The lowest BCUT2D eigenvalue weighted by Crippen LogP contribution is -2.29. The average molecular weight is 280 g/mol. The fourth-order valence-corrected chi connectivity index (χ4v) is 2.37. The number of carbonyl (C=O) groups excluding carboxylic acids is 1. The van der Waals surface area contributed by atoms with Crippen LogP contribution in [0.5, 0.6) is 0 Å². The molecule has 2 heterocycles. The van der Waals surface area contributed by atoms with Crippen molar-refractivity contribution < 1.29 is 9.53 Å². The molecule has 6 nitrogen and oxygen atoms in total. The minimum Gasteiger partial charge on any atom is -0.364 e. The normalized spacial score (nSPS) is 23.0. The lowest BCUT2D eigenvalue weighted by atomic mass is 9.91. The number of hydrogen-bond donors (Lipinski definition) is 3. The zero-order valence-corrected chi connectivity index (χ0v) is 12.4. The molecular weight excluding hydrogens is 256 g/mol. The molecular formula is C14H24N4O2. The molecule has 0 bridgehead atoms. The number of aromatic amines is 1. The number of carbonyl (C=O) groups is 1.